The van der Waals surface area contributed by atoms with Crippen LogP contribution in [0.2, 0.25) is 0 Å². The van der Waals surface area contributed by atoms with E-state index < -0.39 is 0 Å². The third-order valence-electron chi connectivity index (χ3n) is 1.14. The van der Waals surface area contributed by atoms with Crippen LogP contribution < -0.4 is 5.32 Å². The van der Waals surface area contributed by atoms with E-state index in [9.17, 15) is 0 Å². The molecular formula is C10H17N. The third-order valence-corrected chi connectivity index (χ3v) is 1.14. The fourth-order valence-electron chi connectivity index (χ4n) is 0.708. The fourth-order valence-corrected chi connectivity index (χ4v) is 0.708. The largest absolute Gasteiger partial charge is 0.383 e. The van der Waals surface area contributed by atoms with Crippen LogP contribution in [0.1, 0.15) is 20.8 Å². The van der Waals surface area contributed by atoms with Crippen molar-refractivity contribution in [2.45, 2.75) is 26.8 Å². The molecule has 0 spiro atoms. The first-order chi connectivity index (χ1) is 5.20. The SMILES string of the molecule is C=C/C(=C\C=C/C)NC(C)C. The summed E-state index contributed by atoms with van der Waals surface area (Å²) in [5.74, 6) is 0. The predicted octanol–water partition coefficient (Wildman–Crippen LogP) is 2.63. The van der Waals surface area contributed by atoms with E-state index in [0.29, 0.717) is 6.04 Å². The summed E-state index contributed by atoms with van der Waals surface area (Å²) in [5, 5.41) is 3.26. The van der Waals surface area contributed by atoms with Crippen LogP contribution in [0.5, 0.6) is 0 Å². The van der Waals surface area contributed by atoms with E-state index in [0.717, 1.165) is 5.70 Å². The molecule has 0 heterocycles. The van der Waals surface area contributed by atoms with Gasteiger partial charge in [-0.3, -0.25) is 0 Å². The van der Waals surface area contributed by atoms with Crippen molar-refractivity contribution in [2.24, 2.45) is 0 Å². The number of nitrogens with one attached hydrogen (secondary N) is 1. The maximum Gasteiger partial charge on any atom is 0.0336 e. The van der Waals surface area contributed by atoms with E-state index in [1.165, 1.54) is 0 Å². The Labute approximate surface area is 69.5 Å². The Balaban J connectivity index is 4.04. The number of rotatable bonds is 4. The summed E-state index contributed by atoms with van der Waals surface area (Å²) in [6, 6.07) is 0.463. The highest BCUT2D eigenvalue weighted by atomic mass is 14.9. The Morgan fingerprint density at radius 1 is 1.45 bits per heavy atom. The van der Waals surface area contributed by atoms with Gasteiger partial charge < -0.3 is 5.32 Å². The molecule has 0 atom stereocenters. The van der Waals surface area contributed by atoms with Gasteiger partial charge in [-0.05, 0) is 32.9 Å². The molecule has 1 heteroatoms. The average molecular weight is 151 g/mol. The topological polar surface area (TPSA) is 12.0 Å². The first-order valence-electron chi connectivity index (χ1n) is 3.92. The molecule has 0 unspecified atom stereocenters. The van der Waals surface area contributed by atoms with Gasteiger partial charge in [0.25, 0.3) is 0 Å². The number of allylic oxidation sites excluding steroid dienone is 4. The number of hydrogen-bond donors (Lipinski definition) is 1. The summed E-state index contributed by atoms with van der Waals surface area (Å²) in [6.07, 6.45) is 7.81. The second-order valence-corrected chi connectivity index (χ2v) is 2.65. The van der Waals surface area contributed by atoms with Gasteiger partial charge in [0.2, 0.25) is 0 Å². The smallest absolute Gasteiger partial charge is 0.0336 e. The maximum absolute atomic E-state index is 3.70. The lowest BCUT2D eigenvalue weighted by Crippen LogP contribution is -2.20. The summed E-state index contributed by atoms with van der Waals surface area (Å²) < 4.78 is 0. The van der Waals surface area contributed by atoms with Gasteiger partial charge >= 0.3 is 0 Å². The van der Waals surface area contributed by atoms with E-state index in [2.05, 4.69) is 25.7 Å². The molecule has 0 aromatic carbocycles. The minimum Gasteiger partial charge on any atom is -0.383 e. The third kappa shape index (κ3) is 5.46. The van der Waals surface area contributed by atoms with Crippen LogP contribution in [0.4, 0.5) is 0 Å². The van der Waals surface area contributed by atoms with E-state index in [-0.39, 0.29) is 0 Å². The van der Waals surface area contributed by atoms with Gasteiger partial charge in [-0.15, -0.1) is 0 Å². The Hall–Kier alpha value is -0.980. The molecule has 0 rings (SSSR count). The van der Waals surface area contributed by atoms with Crippen LogP contribution in [0.3, 0.4) is 0 Å². The minimum atomic E-state index is 0.463. The van der Waals surface area contributed by atoms with Crippen LogP contribution in [0.25, 0.3) is 0 Å². The van der Waals surface area contributed by atoms with E-state index in [1.807, 2.05) is 31.2 Å². The van der Waals surface area contributed by atoms with Crippen LogP contribution in [-0.4, -0.2) is 6.04 Å². The molecule has 0 saturated carbocycles. The van der Waals surface area contributed by atoms with Crippen LogP contribution in [0.15, 0.2) is 36.6 Å². The van der Waals surface area contributed by atoms with Crippen LogP contribution in [0, 0.1) is 0 Å². The first kappa shape index (κ1) is 10.0. The molecule has 62 valence electrons. The second kappa shape index (κ2) is 5.78. The molecule has 0 fully saturated rings. The number of hydrogen-bond acceptors (Lipinski definition) is 1. The van der Waals surface area contributed by atoms with Crippen molar-refractivity contribution in [1.82, 2.24) is 5.32 Å². The standard InChI is InChI=1S/C10H17N/c1-5-7-8-10(6-2)11-9(3)4/h5-9,11H,2H2,1,3-4H3/b7-5-,10-8+. The molecule has 1 N–H and O–H groups in total. The van der Waals surface area contributed by atoms with Crippen molar-refractivity contribution in [2.75, 3.05) is 0 Å². The highest BCUT2D eigenvalue weighted by Crippen LogP contribution is 1.93. The quantitative estimate of drug-likeness (QED) is 0.609. The van der Waals surface area contributed by atoms with Crippen molar-refractivity contribution >= 4 is 0 Å². The van der Waals surface area contributed by atoms with E-state index in [1.54, 1.807) is 0 Å². The monoisotopic (exact) mass is 151 g/mol. The highest BCUT2D eigenvalue weighted by molar-refractivity contribution is 5.20. The van der Waals surface area contributed by atoms with Crippen LogP contribution >= 0.6 is 0 Å². The Kier molecular flexibility index (Phi) is 5.26. The lowest BCUT2D eigenvalue weighted by molar-refractivity contribution is 0.681. The molecule has 0 aromatic heterocycles. The summed E-state index contributed by atoms with van der Waals surface area (Å²) in [6.45, 7) is 9.90. The second-order valence-electron chi connectivity index (χ2n) is 2.65. The first-order valence-corrected chi connectivity index (χ1v) is 3.92. The van der Waals surface area contributed by atoms with E-state index >= 15 is 0 Å². The summed E-state index contributed by atoms with van der Waals surface area (Å²) in [4.78, 5) is 0. The molecule has 0 radical (unpaired) electrons. The fraction of sp³-hybridized carbons (Fsp3) is 0.400. The molecule has 0 aliphatic heterocycles. The summed E-state index contributed by atoms with van der Waals surface area (Å²) >= 11 is 0. The Morgan fingerprint density at radius 2 is 2.09 bits per heavy atom. The van der Waals surface area contributed by atoms with Crippen molar-refractivity contribution < 1.29 is 0 Å². The Morgan fingerprint density at radius 3 is 2.45 bits per heavy atom. The minimum absolute atomic E-state index is 0.463. The van der Waals surface area contributed by atoms with Gasteiger partial charge in [-0.1, -0.05) is 18.7 Å². The van der Waals surface area contributed by atoms with Crippen molar-refractivity contribution in [3.8, 4) is 0 Å². The zero-order valence-electron chi connectivity index (χ0n) is 7.59. The lowest BCUT2D eigenvalue weighted by Gasteiger charge is -2.09. The van der Waals surface area contributed by atoms with Gasteiger partial charge in [-0.2, -0.15) is 0 Å². The lowest BCUT2D eigenvalue weighted by atomic mass is 10.3. The molecule has 0 amide bonds. The van der Waals surface area contributed by atoms with Crippen molar-refractivity contribution in [3.05, 3.63) is 36.6 Å². The molecule has 0 saturated heterocycles. The molecule has 11 heavy (non-hydrogen) atoms. The van der Waals surface area contributed by atoms with Gasteiger partial charge in [0.05, 0.1) is 0 Å². The average Bonchev–Trinajstić information content (AvgIpc) is 1.97. The van der Waals surface area contributed by atoms with Gasteiger partial charge in [-0.25, -0.2) is 0 Å². The molecule has 0 aliphatic rings. The van der Waals surface area contributed by atoms with Gasteiger partial charge in [0.15, 0.2) is 0 Å². The zero-order valence-corrected chi connectivity index (χ0v) is 7.59. The molecule has 1 nitrogen and oxygen atoms in total. The van der Waals surface area contributed by atoms with Gasteiger partial charge in [0, 0.05) is 11.7 Å². The summed E-state index contributed by atoms with van der Waals surface area (Å²) in [5.41, 5.74) is 1.07. The maximum atomic E-state index is 3.70. The van der Waals surface area contributed by atoms with E-state index in [4.69, 9.17) is 0 Å². The predicted molar refractivity (Wildman–Crippen MR) is 51.4 cm³/mol. The van der Waals surface area contributed by atoms with Crippen molar-refractivity contribution in [3.63, 3.8) is 0 Å². The normalized spacial score (nSPS) is 12.5. The molecule has 0 aromatic rings. The Bertz CT molecular complexity index is 164. The van der Waals surface area contributed by atoms with Crippen molar-refractivity contribution in [1.29, 1.82) is 0 Å². The molecule has 0 bridgehead atoms. The highest BCUT2D eigenvalue weighted by Gasteiger charge is 1.91. The zero-order chi connectivity index (χ0) is 8.69. The molecule has 0 aliphatic carbocycles. The summed E-state index contributed by atoms with van der Waals surface area (Å²) in [7, 11) is 0. The molecular weight excluding hydrogens is 134 g/mol. The van der Waals surface area contributed by atoms with Crippen LogP contribution in [-0.2, 0) is 0 Å². The van der Waals surface area contributed by atoms with Gasteiger partial charge in [0.1, 0.15) is 0 Å².